The number of rotatable bonds is 5. The van der Waals surface area contributed by atoms with Crippen LogP contribution in [0.5, 0.6) is 0 Å². The molecule has 4 atom stereocenters. The van der Waals surface area contributed by atoms with E-state index in [1.165, 1.54) is 51.7 Å². The predicted octanol–water partition coefficient (Wildman–Crippen LogP) is 3.13. The van der Waals surface area contributed by atoms with Crippen LogP contribution in [0.3, 0.4) is 0 Å². The Morgan fingerprint density at radius 3 is 2.61 bits per heavy atom. The van der Waals surface area contributed by atoms with Gasteiger partial charge in [0.1, 0.15) is 0 Å². The summed E-state index contributed by atoms with van der Waals surface area (Å²) in [5, 5.41) is 3.74. The lowest BCUT2D eigenvalue weighted by atomic mass is 9.76. The Hall–Kier alpha value is -0.0800. The Labute approximate surface area is 114 Å². The number of nitrogens with one attached hydrogen (secondary N) is 1. The monoisotopic (exact) mass is 252 g/mol. The van der Waals surface area contributed by atoms with Crippen molar-refractivity contribution < 1.29 is 0 Å². The first kappa shape index (κ1) is 14.3. The minimum Gasteiger partial charge on any atom is -0.314 e. The van der Waals surface area contributed by atoms with Gasteiger partial charge in [0.25, 0.3) is 0 Å². The molecule has 1 saturated heterocycles. The van der Waals surface area contributed by atoms with Gasteiger partial charge in [-0.15, -0.1) is 0 Å². The van der Waals surface area contributed by atoms with Gasteiger partial charge in [-0.25, -0.2) is 0 Å². The highest BCUT2D eigenvalue weighted by Crippen LogP contribution is 2.32. The van der Waals surface area contributed by atoms with Gasteiger partial charge in [0.2, 0.25) is 0 Å². The van der Waals surface area contributed by atoms with Crippen molar-refractivity contribution in [1.82, 2.24) is 10.2 Å². The van der Waals surface area contributed by atoms with Crippen molar-refractivity contribution in [2.24, 2.45) is 17.8 Å². The van der Waals surface area contributed by atoms with Gasteiger partial charge in [-0.3, -0.25) is 0 Å². The van der Waals surface area contributed by atoms with Gasteiger partial charge < -0.3 is 10.2 Å². The average molecular weight is 252 g/mol. The Balaban J connectivity index is 1.87. The lowest BCUT2D eigenvalue weighted by molar-refractivity contribution is 0.151. The zero-order chi connectivity index (χ0) is 13.0. The van der Waals surface area contributed by atoms with Crippen molar-refractivity contribution in [2.75, 3.05) is 26.2 Å². The first-order chi connectivity index (χ1) is 8.72. The van der Waals surface area contributed by atoms with Crippen LogP contribution in [-0.2, 0) is 0 Å². The fourth-order valence-corrected chi connectivity index (χ4v) is 3.99. The first-order valence-corrected chi connectivity index (χ1v) is 8.18. The zero-order valence-corrected chi connectivity index (χ0v) is 12.6. The summed E-state index contributed by atoms with van der Waals surface area (Å²) in [7, 11) is 0. The number of hydrogen-bond acceptors (Lipinski definition) is 2. The van der Waals surface area contributed by atoms with Gasteiger partial charge in [-0.05, 0) is 56.5 Å². The molecular weight excluding hydrogens is 220 g/mol. The second-order valence-electron chi connectivity index (χ2n) is 6.66. The summed E-state index contributed by atoms with van der Waals surface area (Å²) in [6.07, 6.45) is 7.10. The standard InChI is InChI=1S/C16H32N2/c1-4-14-6-7-16(17-5-2)15(10-14)12-18-9-8-13(3)11-18/h13-17H,4-12H2,1-3H3. The van der Waals surface area contributed by atoms with Crippen LogP contribution in [0.25, 0.3) is 0 Å². The average Bonchev–Trinajstić information content (AvgIpc) is 2.77. The highest BCUT2D eigenvalue weighted by molar-refractivity contribution is 4.87. The summed E-state index contributed by atoms with van der Waals surface area (Å²) in [6, 6.07) is 0.786. The highest BCUT2D eigenvalue weighted by Gasteiger charge is 2.31. The van der Waals surface area contributed by atoms with Crippen molar-refractivity contribution in [3.8, 4) is 0 Å². The van der Waals surface area contributed by atoms with E-state index >= 15 is 0 Å². The minimum absolute atomic E-state index is 0.786. The van der Waals surface area contributed by atoms with Crippen LogP contribution in [0.1, 0.15) is 52.9 Å². The molecule has 18 heavy (non-hydrogen) atoms. The Kier molecular flexibility index (Phi) is 5.50. The fourth-order valence-electron chi connectivity index (χ4n) is 3.99. The van der Waals surface area contributed by atoms with E-state index in [1.807, 2.05) is 0 Å². The summed E-state index contributed by atoms with van der Waals surface area (Å²) >= 11 is 0. The normalized spacial score (nSPS) is 38.2. The molecule has 1 N–H and O–H groups in total. The van der Waals surface area contributed by atoms with E-state index in [-0.39, 0.29) is 0 Å². The Morgan fingerprint density at radius 2 is 2.00 bits per heavy atom. The van der Waals surface area contributed by atoms with E-state index in [0.29, 0.717) is 0 Å². The molecule has 0 aromatic carbocycles. The molecule has 0 radical (unpaired) electrons. The lowest BCUT2D eigenvalue weighted by Gasteiger charge is -2.38. The van der Waals surface area contributed by atoms with E-state index in [2.05, 4.69) is 31.0 Å². The maximum absolute atomic E-state index is 3.74. The SMILES string of the molecule is CCNC1CCC(CC)CC1CN1CCC(C)C1. The number of likely N-dealkylation sites (tertiary alicyclic amines) is 1. The van der Waals surface area contributed by atoms with Gasteiger partial charge in [0, 0.05) is 19.1 Å². The van der Waals surface area contributed by atoms with E-state index in [9.17, 15) is 0 Å². The largest absolute Gasteiger partial charge is 0.314 e. The van der Waals surface area contributed by atoms with Gasteiger partial charge in [-0.1, -0.05) is 27.2 Å². The molecule has 2 rings (SSSR count). The molecule has 2 heteroatoms. The van der Waals surface area contributed by atoms with E-state index in [0.717, 1.165) is 30.3 Å². The maximum Gasteiger partial charge on any atom is 0.0108 e. The van der Waals surface area contributed by atoms with Crippen molar-refractivity contribution >= 4 is 0 Å². The maximum atomic E-state index is 3.74. The van der Waals surface area contributed by atoms with E-state index < -0.39 is 0 Å². The number of hydrogen-bond donors (Lipinski definition) is 1. The zero-order valence-electron chi connectivity index (χ0n) is 12.6. The van der Waals surface area contributed by atoms with Crippen LogP contribution < -0.4 is 5.32 Å². The molecule has 0 bridgehead atoms. The van der Waals surface area contributed by atoms with E-state index in [4.69, 9.17) is 0 Å². The third kappa shape index (κ3) is 3.71. The molecular formula is C16H32N2. The van der Waals surface area contributed by atoms with Crippen LogP contribution >= 0.6 is 0 Å². The fraction of sp³-hybridized carbons (Fsp3) is 1.00. The predicted molar refractivity (Wildman–Crippen MR) is 78.8 cm³/mol. The summed E-state index contributed by atoms with van der Waals surface area (Å²) in [5.74, 6) is 2.81. The molecule has 1 aliphatic heterocycles. The van der Waals surface area contributed by atoms with Crippen molar-refractivity contribution in [1.29, 1.82) is 0 Å². The smallest absolute Gasteiger partial charge is 0.0108 e. The molecule has 2 aliphatic rings. The highest BCUT2D eigenvalue weighted by atomic mass is 15.1. The third-order valence-corrected chi connectivity index (χ3v) is 5.14. The molecule has 4 unspecified atom stereocenters. The summed E-state index contributed by atoms with van der Waals surface area (Å²) in [6.45, 7) is 12.2. The molecule has 0 aromatic heterocycles. The molecule has 2 fully saturated rings. The van der Waals surface area contributed by atoms with Gasteiger partial charge in [0.15, 0.2) is 0 Å². The van der Waals surface area contributed by atoms with Crippen LogP contribution in [-0.4, -0.2) is 37.1 Å². The molecule has 0 spiro atoms. The molecule has 0 amide bonds. The van der Waals surface area contributed by atoms with Gasteiger partial charge >= 0.3 is 0 Å². The summed E-state index contributed by atoms with van der Waals surface area (Å²) in [5.41, 5.74) is 0. The van der Waals surface area contributed by atoms with Crippen molar-refractivity contribution in [2.45, 2.75) is 58.9 Å². The first-order valence-electron chi connectivity index (χ1n) is 8.18. The van der Waals surface area contributed by atoms with Crippen LogP contribution in [0.15, 0.2) is 0 Å². The Morgan fingerprint density at radius 1 is 1.17 bits per heavy atom. The van der Waals surface area contributed by atoms with Gasteiger partial charge in [-0.2, -0.15) is 0 Å². The van der Waals surface area contributed by atoms with Crippen molar-refractivity contribution in [3.63, 3.8) is 0 Å². The topological polar surface area (TPSA) is 15.3 Å². The van der Waals surface area contributed by atoms with Crippen LogP contribution in [0, 0.1) is 17.8 Å². The Bertz CT molecular complexity index is 241. The lowest BCUT2D eigenvalue weighted by Crippen LogP contribution is -2.45. The minimum atomic E-state index is 0.786. The van der Waals surface area contributed by atoms with Crippen molar-refractivity contribution in [3.05, 3.63) is 0 Å². The van der Waals surface area contributed by atoms with E-state index in [1.54, 1.807) is 0 Å². The van der Waals surface area contributed by atoms with Crippen LogP contribution in [0.2, 0.25) is 0 Å². The third-order valence-electron chi connectivity index (χ3n) is 5.14. The molecule has 106 valence electrons. The molecule has 1 saturated carbocycles. The quantitative estimate of drug-likeness (QED) is 0.809. The molecule has 2 nitrogen and oxygen atoms in total. The molecule has 1 heterocycles. The second kappa shape index (κ2) is 6.91. The second-order valence-corrected chi connectivity index (χ2v) is 6.66. The summed E-state index contributed by atoms with van der Waals surface area (Å²) < 4.78 is 0. The molecule has 0 aromatic rings. The number of nitrogens with zero attached hydrogens (tertiary/aromatic N) is 1. The van der Waals surface area contributed by atoms with Crippen LogP contribution in [0.4, 0.5) is 0 Å². The van der Waals surface area contributed by atoms with Gasteiger partial charge in [0.05, 0.1) is 0 Å². The summed E-state index contributed by atoms with van der Waals surface area (Å²) in [4.78, 5) is 2.72. The molecule has 1 aliphatic carbocycles.